The van der Waals surface area contributed by atoms with E-state index in [0.29, 0.717) is 6.61 Å². The van der Waals surface area contributed by atoms with Gasteiger partial charge in [-0.05, 0) is 32.4 Å². The minimum absolute atomic E-state index is 0.0482. The highest BCUT2D eigenvalue weighted by Gasteiger charge is 2.31. The predicted octanol–water partition coefficient (Wildman–Crippen LogP) is 2.18. The molecule has 1 aromatic heterocycles. The standard InChI is InChI=1S/C13H17NO2/c1-9-7-11(8-16-9)13(15)10(2)12-5-3-4-6-14-12/h3-6,9-11H,7-8H2,1-2H3. The maximum atomic E-state index is 12.2. The molecular formula is C13H17NO2. The van der Waals surface area contributed by atoms with Crippen molar-refractivity contribution in [2.24, 2.45) is 5.92 Å². The molecule has 1 fully saturated rings. The Morgan fingerprint density at radius 3 is 2.94 bits per heavy atom. The zero-order valence-corrected chi connectivity index (χ0v) is 9.72. The van der Waals surface area contributed by atoms with Crippen LogP contribution in [0.4, 0.5) is 0 Å². The van der Waals surface area contributed by atoms with Gasteiger partial charge in [-0.25, -0.2) is 0 Å². The second kappa shape index (κ2) is 4.74. The average molecular weight is 219 g/mol. The number of aromatic nitrogens is 1. The van der Waals surface area contributed by atoms with Crippen molar-refractivity contribution < 1.29 is 9.53 Å². The molecule has 1 saturated heterocycles. The molecule has 0 aliphatic carbocycles. The van der Waals surface area contributed by atoms with Crippen molar-refractivity contribution >= 4 is 5.78 Å². The molecule has 0 radical (unpaired) electrons. The van der Waals surface area contributed by atoms with Gasteiger partial charge >= 0.3 is 0 Å². The minimum atomic E-state index is -0.125. The molecule has 3 unspecified atom stereocenters. The van der Waals surface area contributed by atoms with Gasteiger partial charge in [0.1, 0.15) is 5.78 Å². The zero-order chi connectivity index (χ0) is 11.5. The highest BCUT2D eigenvalue weighted by molar-refractivity contribution is 5.87. The van der Waals surface area contributed by atoms with Gasteiger partial charge in [0.2, 0.25) is 0 Å². The van der Waals surface area contributed by atoms with E-state index in [9.17, 15) is 4.79 Å². The molecule has 0 N–H and O–H groups in total. The molecule has 1 aliphatic heterocycles. The van der Waals surface area contributed by atoms with Crippen molar-refractivity contribution in [3.63, 3.8) is 0 Å². The third-order valence-corrected chi connectivity index (χ3v) is 3.16. The van der Waals surface area contributed by atoms with Crippen LogP contribution in [0, 0.1) is 5.92 Å². The van der Waals surface area contributed by atoms with Crippen LogP contribution in [0.25, 0.3) is 0 Å². The normalized spacial score (nSPS) is 26.6. The summed E-state index contributed by atoms with van der Waals surface area (Å²) in [7, 11) is 0. The summed E-state index contributed by atoms with van der Waals surface area (Å²) >= 11 is 0. The number of hydrogen-bond donors (Lipinski definition) is 0. The van der Waals surface area contributed by atoms with Crippen LogP contribution in [0.15, 0.2) is 24.4 Å². The molecule has 16 heavy (non-hydrogen) atoms. The molecule has 0 saturated carbocycles. The second-order valence-electron chi connectivity index (χ2n) is 4.46. The lowest BCUT2D eigenvalue weighted by Gasteiger charge is -2.13. The first-order chi connectivity index (χ1) is 7.68. The van der Waals surface area contributed by atoms with Gasteiger partial charge in [-0.2, -0.15) is 0 Å². The van der Waals surface area contributed by atoms with E-state index in [4.69, 9.17) is 4.74 Å². The number of Topliss-reactive ketones (excluding diaryl/α,β-unsaturated/α-hetero) is 1. The quantitative estimate of drug-likeness (QED) is 0.782. The molecule has 0 amide bonds. The number of ether oxygens (including phenoxy) is 1. The fourth-order valence-corrected chi connectivity index (χ4v) is 2.15. The third kappa shape index (κ3) is 2.30. The molecule has 0 spiro atoms. The second-order valence-corrected chi connectivity index (χ2v) is 4.46. The van der Waals surface area contributed by atoms with Crippen molar-refractivity contribution in [1.29, 1.82) is 0 Å². The van der Waals surface area contributed by atoms with Gasteiger partial charge in [0.25, 0.3) is 0 Å². The Balaban J connectivity index is 2.05. The Kier molecular flexibility index (Phi) is 3.34. The van der Waals surface area contributed by atoms with Gasteiger partial charge in [0.05, 0.1) is 24.3 Å². The van der Waals surface area contributed by atoms with Crippen LogP contribution in [0.3, 0.4) is 0 Å². The molecular weight excluding hydrogens is 202 g/mol. The molecule has 0 bridgehead atoms. The maximum Gasteiger partial charge on any atom is 0.147 e. The summed E-state index contributed by atoms with van der Waals surface area (Å²) in [6.07, 6.45) is 2.79. The highest BCUT2D eigenvalue weighted by Crippen LogP contribution is 2.26. The van der Waals surface area contributed by atoms with Gasteiger partial charge in [-0.15, -0.1) is 0 Å². The molecule has 3 heteroatoms. The molecule has 1 aromatic rings. The van der Waals surface area contributed by atoms with E-state index in [1.54, 1.807) is 6.20 Å². The summed E-state index contributed by atoms with van der Waals surface area (Å²) in [5.74, 6) is 0.176. The van der Waals surface area contributed by atoms with Crippen molar-refractivity contribution in [2.45, 2.75) is 32.3 Å². The topological polar surface area (TPSA) is 39.2 Å². The lowest BCUT2D eigenvalue weighted by molar-refractivity contribution is -0.124. The van der Waals surface area contributed by atoms with E-state index in [0.717, 1.165) is 12.1 Å². The number of rotatable bonds is 3. The molecule has 1 aliphatic rings. The summed E-state index contributed by atoms with van der Waals surface area (Å²) in [6.45, 7) is 4.50. The predicted molar refractivity (Wildman–Crippen MR) is 61.2 cm³/mol. The summed E-state index contributed by atoms with van der Waals surface area (Å²) < 4.78 is 5.43. The van der Waals surface area contributed by atoms with Crippen LogP contribution in [-0.2, 0) is 9.53 Å². The molecule has 2 rings (SSSR count). The number of ketones is 1. The zero-order valence-electron chi connectivity index (χ0n) is 9.72. The molecule has 2 heterocycles. The Hall–Kier alpha value is -1.22. The van der Waals surface area contributed by atoms with Crippen molar-refractivity contribution in [2.75, 3.05) is 6.61 Å². The molecule has 3 nitrogen and oxygen atoms in total. The van der Waals surface area contributed by atoms with Gasteiger partial charge < -0.3 is 4.74 Å². The Bertz CT molecular complexity index is 363. The third-order valence-electron chi connectivity index (χ3n) is 3.16. The monoisotopic (exact) mass is 219 g/mol. The summed E-state index contributed by atoms with van der Waals surface area (Å²) in [6, 6.07) is 5.68. The van der Waals surface area contributed by atoms with E-state index in [1.807, 2.05) is 32.0 Å². The fourth-order valence-electron chi connectivity index (χ4n) is 2.15. The van der Waals surface area contributed by atoms with Crippen LogP contribution in [0.2, 0.25) is 0 Å². The van der Waals surface area contributed by atoms with Crippen LogP contribution in [0.1, 0.15) is 31.9 Å². The largest absolute Gasteiger partial charge is 0.378 e. The van der Waals surface area contributed by atoms with Crippen LogP contribution < -0.4 is 0 Å². The molecule has 86 valence electrons. The number of carbonyl (C=O) groups excluding carboxylic acids is 1. The van der Waals surface area contributed by atoms with E-state index in [-0.39, 0.29) is 23.7 Å². The first kappa shape index (κ1) is 11.3. The summed E-state index contributed by atoms with van der Waals surface area (Å²) in [5.41, 5.74) is 0.854. The van der Waals surface area contributed by atoms with Crippen molar-refractivity contribution in [3.8, 4) is 0 Å². The summed E-state index contributed by atoms with van der Waals surface area (Å²) in [4.78, 5) is 16.4. The van der Waals surface area contributed by atoms with Crippen molar-refractivity contribution in [3.05, 3.63) is 30.1 Å². The first-order valence-electron chi connectivity index (χ1n) is 5.74. The Morgan fingerprint density at radius 1 is 1.56 bits per heavy atom. The Morgan fingerprint density at radius 2 is 2.38 bits per heavy atom. The van der Waals surface area contributed by atoms with Gasteiger partial charge in [0, 0.05) is 12.1 Å². The van der Waals surface area contributed by atoms with E-state index in [2.05, 4.69) is 4.98 Å². The first-order valence-corrected chi connectivity index (χ1v) is 5.74. The molecule has 0 aromatic carbocycles. The van der Waals surface area contributed by atoms with E-state index in [1.165, 1.54) is 0 Å². The van der Waals surface area contributed by atoms with Gasteiger partial charge in [0.15, 0.2) is 0 Å². The Labute approximate surface area is 95.8 Å². The SMILES string of the molecule is CC1CC(C(=O)C(C)c2ccccn2)CO1. The van der Waals surface area contributed by atoms with Crippen LogP contribution in [-0.4, -0.2) is 23.5 Å². The fraction of sp³-hybridized carbons (Fsp3) is 0.538. The maximum absolute atomic E-state index is 12.2. The number of pyridine rings is 1. The van der Waals surface area contributed by atoms with E-state index < -0.39 is 0 Å². The van der Waals surface area contributed by atoms with E-state index >= 15 is 0 Å². The number of carbonyl (C=O) groups is 1. The lowest BCUT2D eigenvalue weighted by atomic mass is 9.90. The van der Waals surface area contributed by atoms with Crippen LogP contribution >= 0.6 is 0 Å². The van der Waals surface area contributed by atoms with Gasteiger partial charge in [-0.3, -0.25) is 9.78 Å². The summed E-state index contributed by atoms with van der Waals surface area (Å²) in [5, 5.41) is 0. The van der Waals surface area contributed by atoms with Crippen molar-refractivity contribution in [1.82, 2.24) is 4.98 Å². The number of hydrogen-bond acceptors (Lipinski definition) is 3. The number of nitrogens with zero attached hydrogens (tertiary/aromatic N) is 1. The molecule has 3 atom stereocenters. The highest BCUT2D eigenvalue weighted by atomic mass is 16.5. The van der Waals surface area contributed by atoms with Gasteiger partial charge in [-0.1, -0.05) is 6.07 Å². The lowest BCUT2D eigenvalue weighted by Crippen LogP contribution is -2.21. The minimum Gasteiger partial charge on any atom is -0.378 e. The average Bonchev–Trinajstić information content (AvgIpc) is 2.75. The smallest absolute Gasteiger partial charge is 0.147 e. The van der Waals surface area contributed by atoms with Crippen LogP contribution in [0.5, 0.6) is 0 Å².